The molecule has 2 aromatic carbocycles. The zero-order chi connectivity index (χ0) is 19.2. The van der Waals surface area contributed by atoms with Crippen LogP contribution in [0.5, 0.6) is 0 Å². The quantitative estimate of drug-likeness (QED) is 0.612. The van der Waals surface area contributed by atoms with Gasteiger partial charge in [0.1, 0.15) is 6.54 Å². The zero-order valence-corrected chi connectivity index (χ0v) is 15.5. The summed E-state index contributed by atoms with van der Waals surface area (Å²) in [5, 5.41) is 4.86. The molecule has 1 amide bonds. The Morgan fingerprint density at radius 2 is 1.81 bits per heavy atom. The molecule has 0 spiro atoms. The van der Waals surface area contributed by atoms with E-state index in [0.717, 1.165) is 11.3 Å². The van der Waals surface area contributed by atoms with Crippen LogP contribution in [0.2, 0.25) is 5.02 Å². The minimum atomic E-state index is -0.482. The van der Waals surface area contributed by atoms with Crippen molar-refractivity contribution in [3.05, 3.63) is 83.1 Å². The summed E-state index contributed by atoms with van der Waals surface area (Å²) < 4.78 is 6.31. The Morgan fingerprint density at radius 1 is 1.11 bits per heavy atom. The van der Waals surface area contributed by atoms with Gasteiger partial charge in [0.25, 0.3) is 5.91 Å². The molecule has 1 aromatic heterocycles. The highest BCUT2D eigenvalue weighted by atomic mass is 35.5. The first kappa shape index (κ1) is 18.7. The lowest BCUT2D eigenvalue weighted by Gasteiger charge is -2.21. The number of carbonyl (C=O) groups excluding carboxylic acids is 2. The Kier molecular flexibility index (Phi) is 5.88. The third-order valence-corrected chi connectivity index (χ3v) is 4.22. The molecule has 7 heteroatoms. The molecule has 138 valence electrons. The minimum Gasteiger partial charge on any atom is -0.468 e. The number of methoxy groups -OCH3 is 1. The van der Waals surface area contributed by atoms with Crippen LogP contribution in [0.25, 0.3) is 5.69 Å². The maximum atomic E-state index is 12.9. The van der Waals surface area contributed by atoms with Gasteiger partial charge >= 0.3 is 5.97 Å². The number of rotatable bonds is 6. The standard InChI is InChI=1S/C20H18ClN3O3/c1-27-19(25)14-23(12-15-5-3-2-4-6-15)20(26)16-11-22-24(13-16)18-9-7-17(21)8-10-18/h2-11,13H,12,14H2,1H3. The first-order valence-corrected chi connectivity index (χ1v) is 8.65. The van der Waals surface area contributed by atoms with E-state index in [0.29, 0.717) is 17.1 Å². The van der Waals surface area contributed by atoms with E-state index in [1.807, 2.05) is 30.3 Å². The average molecular weight is 384 g/mol. The first-order chi connectivity index (χ1) is 13.1. The van der Waals surface area contributed by atoms with Crippen LogP contribution in [0.15, 0.2) is 67.0 Å². The lowest BCUT2D eigenvalue weighted by molar-refractivity contribution is -0.141. The molecule has 0 N–H and O–H groups in total. The van der Waals surface area contributed by atoms with E-state index in [2.05, 4.69) is 5.10 Å². The predicted molar refractivity (Wildman–Crippen MR) is 102 cm³/mol. The van der Waals surface area contributed by atoms with Gasteiger partial charge in [-0.1, -0.05) is 41.9 Å². The highest BCUT2D eigenvalue weighted by Gasteiger charge is 2.21. The Hall–Kier alpha value is -3.12. The van der Waals surface area contributed by atoms with Gasteiger partial charge in [-0.15, -0.1) is 0 Å². The van der Waals surface area contributed by atoms with Crippen LogP contribution in [0.4, 0.5) is 0 Å². The van der Waals surface area contributed by atoms with Crippen molar-refractivity contribution in [1.29, 1.82) is 0 Å². The second kappa shape index (κ2) is 8.51. The van der Waals surface area contributed by atoms with Gasteiger partial charge in [0.05, 0.1) is 24.6 Å². The largest absolute Gasteiger partial charge is 0.468 e. The molecule has 27 heavy (non-hydrogen) atoms. The number of esters is 1. The molecule has 0 aliphatic heterocycles. The van der Waals surface area contributed by atoms with Crippen LogP contribution < -0.4 is 0 Å². The van der Waals surface area contributed by atoms with Gasteiger partial charge in [0, 0.05) is 17.8 Å². The third-order valence-electron chi connectivity index (χ3n) is 3.97. The summed E-state index contributed by atoms with van der Waals surface area (Å²) in [5.41, 5.74) is 2.07. The van der Waals surface area contributed by atoms with Gasteiger partial charge in [-0.2, -0.15) is 5.10 Å². The van der Waals surface area contributed by atoms with Crippen molar-refractivity contribution in [3.8, 4) is 5.69 Å². The lowest BCUT2D eigenvalue weighted by atomic mass is 10.2. The van der Waals surface area contributed by atoms with E-state index in [1.54, 1.807) is 35.1 Å². The maximum Gasteiger partial charge on any atom is 0.325 e. The number of hydrogen-bond donors (Lipinski definition) is 0. The van der Waals surface area contributed by atoms with Crippen molar-refractivity contribution in [2.24, 2.45) is 0 Å². The molecule has 3 aromatic rings. The summed E-state index contributed by atoms with van der Waals surface area (Å²) in [5.74, 6) is -0.783. The molecule has 0 unspecified atom stereocenters. The molecule has 1 heterocycles. The molecular formula is C20H18ClN3O3. The average Bonchev–Trinajstić information content (AvgIpc) is 3.18. The van der Waals surface area contributed by atoms with E-state index in [1.165, 1.54) is 18.2 Å². The molecule has 0 aliphatic carbocycles. The summed E-state index contributed by atoms with van der Waals surface area (Å²) in [6, 6.07) is 16.6. The second-order valence-electron chi connectivity index (χ2n) is 5.87. The van der Waals surface area contributed by atoms with Crippen LogP contribution in [0.1, 0.15) is 15.9 Å². The molecule has 3 rings (SSSR count). The SMILES string of the molecule is COC(=O)CN(Cc1ccccc1)C(=O)c1cnn(-c2ccc(Cl)cc2)c1. The van der Waals surface area contributed by atoms with Crippen LogP contribution in [0.3, 0.4) is 0 Å². The fourth-order valence-electron chi connectivity index (χ4n) is 2.57. The zero-order valence-electron chi connectivity index (χ0n) is 14.7. The van der Waals surface area contributed by atoms with Gasteiger partial charge in [-0.25, -0.2) is 4.68 Å². The number of aromatic nitrogens is 2. The summed E-state index contributed by atoms with van der Waals surface area (Å²) in [7, 11) is 1.30. The van der Waals surface area contributed by atoms with Gasteiger partial charge in [-0.3, -0.25) is 9.59 Å². The predicted octanol–water partition coefficient (Wildman–Crippen LogP) is 3.34. The van der Waals surface area contributed by atoms with Crippen molar-refractivity contribution in [2.75, 3.05) is 13.7 Å². The Labute approximate surface area is 161 Å². The highest BCUT2D eigenvalue weighted by molar-refractivity contribution is 6.30. The number of halogens is 1. The number of carbonyl (C=O) groups is 2. The van der Waals surface area contributed by atoms with Gasteiger partial charge < -0.3 is 9.64 Å². The second-order valence-corrected chi connectivity index (χ2v) is 6.31. The normalized spacial score (nSPS) is 10.4. The van der Waals surface area contributed by atoms with E-state index in [9.17, 15) is 9.59 Å². The lowest BCUT2D eigenvalue weighted by Crippen LogP contribution is -2.35. The molecule has 0 saturated carbocycles. The van der Waals surface area contributed by atoms with Crippen molar-refractivity contribution in [1.82, 2.24) is 14.7 Å². The molecular weight excluding hydrogens is 366 g/mol. The smallest absolute Gasteiger partial charge is 0.325 e. The number of amides is 1. The minimum absolute atomic E-state index is 0.143. The molecule has 0 aliphatic rings. The summed E-state index contributed by atoms with van der Waals surface area (Å²) in [4.78, 5) is 26.1. The summed E-state index contributed by atoms with van der Waals surface area (Å²) in [6.45, 7) is 0.150. The highest BCUT2D eigenvalue weighted by Crippen LogP contribution is 2.15. The van der Waals surface area contributed by atoms with Gasteiger partial charge in [-0.05, 0) is 29.8 Å². The topological polar surface area (TPSA) is 64.4 Å². The van der Waals surface area contributed by atoms with Crippen LogP contribution in [-0.4, -0.2) is 40.2 Å². The fraction of sp³-hybridized carbons (Fsp3) is 0.150. The molecule has 0 bridgehead atoms. The van der Waals surface area contributed by atoms with E-state index < -0.39 is 5.97 Å². The van der Waals surface area contributed by atoms with Gasteiger partial charge in [0.15, 0.2) is 0 Å². The number of nitrogens with zero attached hydrogens (tertiary/aromatic N) is 3. The Balaban J connectivity index is 1.82. The van der Waals surface area contributed by atoms with Crippen molar-refractivity contribution in [2.45, 2.75) is 6.54 Å². The molecule has 6 nitrogen and oxygen atoms in total. The van der Waals surface area contributed by atoms with Crippen LogP contribution in [-0.2, 0) is 16.1 Å². The number of ether oxygens (including phenoxy) is 1. The molecule has 0 radical (unpaired) electrons. The van der Waals surface area contributed by atoms with Crippen molar-refractivity contribution in [3.63, 3.8) is 0 Å². The summed E-state index contributed by atoms with van der Waals surface area (Å²) >= 11 is 5.90. The fourth-order valence-corrected chi connectivity index (χ4v) is 2.70. The number of benzene rings is 2. The molecule has 0 fully saturated rings. The van der Waals surface area contributed by atoms with Crippen molar-refractivity contribution >= 4 is 23.5 Å². The monoisotopic (exact) mass is 383 g/mol. The molecule has 0 atom stereocenters. The maximum absolute atomic E-state index is 12.9. The first-order valence-electron chi connectivity index (χ1n) is 8.27. The van der Waals surface area contributed by atoms with Crippen LogP contribution in [0, 0.1) is 0 Å². The van der Waals surface area contributed by atoms with Crippen LogP contribution >= 0.6 is 11.6 Å². The van der Waals surface area contributed by atoms with Crippen molar-refractivity contribution < 1.29 is 14.3 Å². The third kappa shape index (κ3) is 4.74. The molecule has 0 saturated heterocycles. The summed E-state index contributed by atoms with van der Waals surface area (Å²) in [6.07, 6.45) is 3.10. The van der Waals surface area contributed by atoms with Gasteiger partial charge in [0.2, 0.25) is 0 Å². The Morgan fingerprint density at radius 3 is 2.48 bits per heavy atom. The van der Waals surface area contributed by atoms with E-state index in [-0.39, 0.29) is 12.5 Å². The van der Waals surface area contributed by atoms with E-state index >= 15 is 0 Å². The Bertz CT molecular complexity index is 923. The number of hydrogen-bond acceptors (Lipinski definition) is 4. The van der Waals surface area contributed by atoms with E-state index in [4.69, 9.17) is 16.3 Å².